The van der Waals surface area contributed by atoms with Crippen molar-refractivity contribution in [2.75, 3.05) is 24.5 Å². The number of aliphatic hydroxyl groups is 1. The van der Waals surface area contributed by atoms with Gasteiger partial charge in [0.1, 0.15) is 17.7 Å². The first-order valence-corrected chi connectivity index (χ1v) is 8.74. The number of carbonyl (C=O) groups excluding carboxylic acids is 1. The number of imidazole rings is 1. The molecule has 1 amide bonds. The minimum absolute atomic E-state index is 0.108. The van der Waals surface area contributed by atoms with Crippen LogP contribution in [-0.2, 0) is 7.05 Å². The predicted octanol–water partition coefficient (Wildman–Crippen LogP) is 1.51. The minimum Gasteiger partial charge on any atom is -0.385 e. The molecular formula is C18H25N5O2. The Labute approximate surface area is 147 Å². The number of piperidine rings is 1. The molecule has 1 aliphatic heterocycles. The van der Waals surface area contributed by atoms with E-state index in [4.69, 9.17) is 0 Å². The highest BCUT2D eigenvalue weighted by atomic mass is 16.3. The third-order valence-corrected chi connectivity index (χ3v) is 4.70. The van der Waals surface area contributed by atoms with E-state index in [-0.39, 0.29) is 11.8 Å². The smallest absolute Gasteiger partial charge is 0.252 e. The van der Waals surface area contributed by atoms with Gasteiger partial charge in [0.25, 0.3) is 5.91 Å². The van der Waals surface area contributed by atoms with E-state index in [1.165, 1.54) is 0 Å². The summed E-state index contributed by atoms with van der Waals surface area (Å²) < 4.78 is 1.86. The molecule has 0 aromatic carbocycles. The maximum Gasteiger partial charge on any atom is 0.252 e. The van der Waals surface area contributed by atoms with Crippen LogP contribution in [0.1, 0.15) is 42.1 Å². The number of carbonyl (C=O) groups is 1. The van der Waals surface area contributed by atoms with Gasteiger partial charge in [-0.3, -0.25) is 4.79 Å². The first-order chi connectivity index (χ1) is 12.1. The number of anilines is 1. The summed E-state index contributed by atoms with van der Waals surface area (Å²) in [7, 11) is 1.90. The summed E-state index contributed by atoms with van der Waals surface area (Å²) in [6.07, 6.45) is 6.53. The van der Waals surface area contributed by atoms with Crippen molar-refractivity contribution < 1.29 is 9.90 Å². The van der Waals surface area contributed by atoms with Crippen LogP contribution < -0.4 is 10.2 Å². The molecule has 1 fully saturated rings. The van der Waals surface area contributed by atoms with Gasteiger partial charge in [-0.2, -0.15) is 0 Å². The van der Waals surface area contributed by atoms with E-state index in [2.05, 4.69) is 20.2 Å². The normalized spacial score (nSPS) is 18.8. The van der Waals surface area contributed by atoms with Crippen LogP contribution in [0.2, 0.25) is 0 Å². The molecule has 1 aliphatic rings. The summed E-state index contributed by atoms with van der Waals surface area (Å²) >= 11 is 0. The lowest BCUT2D eigenvalue weighted by Crippen LogP contribution is -2.38. The second kappa shape index (κ2) is 7.65. The first kappa shape index (κ1) is 17.4. The lowest BCUT2D eigenvalue weighted by molar-refractivity contribution is 0.0874. The zero-order chi connectivity index (χ0) is 17.8. The summed E-state index contributed by atoms with van der Waals surface area (Å²) in [6, 6.07) is 3.67. The van der Waals surface area contributed by atoms with Gasteiger partial charge in [-0.05, 0) is 31.9 Å². The fourth-order valence-corrected chi connectivity index (χ4v) is 3.32. The number of aliphatic hydroxyl groups excluding tert-OH is 1. The van der Waals surface area contributed by atoms with Crippen LogP contribution in [-0.4, -0.2) is 45.2 Å². The van der Waals surface area contributed by atoms with Gasteiger partial charge in [0, 0.05) is 51.2 Å². The Morgan fingerprint density at radius 3 is 2.92 bits per heavy atom. The number of rotatable bonds is 5. The molecule has 2 unspecified atom stereocenters. The highest BCUT2D eigenvalue weighted by molar-refractivity contribution is 5.93. The van der Waals surface area contributed by atoms with Crippen LogP contribution in [0.4, 0.5) is 5.82 Å². The van der Waals surface area contributed by atoms with E-state index in [1.54, 1.807) is 18.5 Å². The predicted molar refractivity (Wildman–Crippen MR) is 95.3 cm³/mol. The molecule has 25 heavy (non-hydrogen) atoms. The van der Waals surface area contributed by atoms with Gasteiger partial charge in [0.15, 0.2) is 0 Å². The molecule has 3 heterocycles. The van der Waals surface area contributed by atoms with Crippen molar-refractivity contribution in [1.82, 2.24) is 19.9 Å². The van der Waals surface area contributed by atoms with Gasteiger partial charge >= 0.3 is 0 Å². The summed E-state index contributed by atoms with van der Waals surface area (Å²) in [5.74, 6) is 1.54. The van der Waals surface area contributed by atoms with Gasteiger partial charge in [-0.15, -0.1) is 0 Å². The molecule has 2 N–H and O–H groups in total. The molecule has 0 bridgehead atoms. The fraction of sp³-hybridized carbons (Fsp3) is 0.500. The van der Waals surface area contributed by atoms with Gasteiger partial charge in [-0.1, -0.05) is 0 Å². The van der Waals surface area contributed by atoms with Gasteiger partial charge < -0.3 is 19.9 Å². The monoisotopic (exact) mass is 343 g/mol. The standard InChI is InChI=1S/C18H25N5O2/c1-3-19-18(25)13-6-7-15(21-11-13)23-9-4-5-14(12-23)16(24)17-20-8-10-22(17)2/h6-8,10-11,14,16,24H,3-5,9,12H2,1-2H3,(H,19,25). The Balaban J connectivity index is 1.69. The van der Waals surface area contributed by atoms with E-state index in [0.717, 1.165) is 31.7 Å². The maximum atomic E-state index is 11.8. The molecule has 2 atom stereocenters. The zero-order valence-corrected chi connectivity index (χ0v) is 14.7. The van der Waals surface area contributed by atoms with Crippen LogP contribution in [0.5, 0.6) is 0 Å². The van der Waals surface area contributed by atoms with Crippen molar-refractivity contribution in [1.29, 1.82) is 0 Å². The van der Waals surface area contributed by atoms with Crippen LogP contribution >= 0.6 is 0 Å². The molecule has 0 spiro atoms. The molecule has 134 valence electrons. The topological polar surface area (TPSA) is 83.3 Å². The number of aryl methyl sites for hydroxylation is 1. The lowest BCUT2D eigenvalue weighted by Gasteiger charge is -2.35. The Bertz CT molecular complexity index is 713. The Kier molecular flexibility index (Phi) is 5.33. The summed E-state index contributed by atoms with van der Waals surface area (Å²) in [4.78, 5) is 22.7. The Morgan fingerprint density at radius 2 is 2.28 bits per heavy atom. The number of hydrogen-bond donors (Lipinski definition) is 2. The average Bonchev–Trinajstić information content (AvgIpc) is 3.07. The molecule has 2 aromatic rings. The maximum absolute atomic E-state index is 11.8. The fourth-order valence-electron chi connectivity index (χ4n) is 3.32. The number of hydrogen-bond acceptors (Lipinski definition) is 5. The lowest BCUT2D eigenvalue weighted by atomic mass is 9.92. The number of amides is 1. The second-order valence-corrected chi connectivity index (χ2v) is 6.45. The van der Waals surface area contributed by atoms with Crippen LogP contribution in [0, 0.1) is 5.92 Å². The first-order valence-electron chi connectivity index (χ1n) is 8.74. The Hall–Kier alpha value is -2.41. The third kappa shape index (κ3) is 3.82. The van der Waals surface area contributed by atoms with Crippen molar-refractivity contribution >= 4 is 11.7 Å². The molecular weight excluding hydrogens is 318 g/mol. The van der Waals surface area contributed by atoms with E-state index in [0.29, 0.717) is 17.9 Å². The Morgan fingerprint density at radius 1 is 1.44 bits per heavy atom. The van der Waals surface area contributed by atoms with Crippen molar-refractivity contribution in [3.05, 3.63) is 42.1 Å². The zero-order valence-electron chi connectivity index (χ0n) is 14.7. The van der Waals surface area contributed by atoms with Crippen LogP contribution in [0.3, 0.4) is 0 Å². The number of aromatic nitrogens is 3. The number of nitrogens with zero attached hydrogens (tertiary/aromatic N) is 4. The molecule has 0 radical (unpaired) electrons. The van der Waals surface area contributed by atoms with Gasteiger partial charge in [0.05, 0.1) is 5.56 Å². The molecule has 0 saturated carbocycles. The van der Waals surface area contributed by atoms with Crippen LogP contribution in [0.25, 0.3) is 0 Å². The molecule has 2 aromatic heterocycles. The molecule has 0 aliphatic carbocycles. The quantitative estimate of drug-likeness (QED) is 0.860. The second-order valence-electron chi connectivity index (χ2n) is 6.45. The highest BCUT2D eigenvalue weighted by Crippen LogP contribution is 2.30. The van der Waals surface area contributed by atoms with Gasteiger partial charge in [-0.25, -0.2) is 9.97 Å². The summed E-state index contributed by atoms with van der Waals surface area (Å²) in [5.41, 5.74) is 0.562. The summed E-state index contributed by atoms with van der Waals surface area (Å²) in [5, 5.41) is 13.4. The van der Waals surface area contributed by atoms with Crippen molar-refractivity contribution in [3.8, 4) is 0 Å². The molecule has 3 rings (SSSR count). The third-order valence-electron chi connectivity index (χ3n) is 4.70. The van der Waals surface area contributed by atoms with Crippen molar-refractivity contribution in [2.24, 2.45) is 13.0 Å². The van der Waals surface area contributed by atoms with E-state index in [9.17, 15) is 9.90 Å². The van der Waals surface area contributed by atoms with E-state index in [1.807, 2.05) is 30.8 Å². The van der Waals surface area contributed by atoms with Gasteiger partial charge in [0.2, 0.25) is 0 Å². The molecule has 7 nitrogen and oxygen atoms in total. The SMILES string of the molecule is CCNC(=O)c1ccc(N2CCCC(C(O)c3nccn3C)C2)nc1. The largest absolute Gasteiger partial charge is 0.385 e. The summed E-state index contributed by atoms with van der Waals surface area (Å²) in [6.45, 7) is 4.11. The average molecular weight is 343 g/mol. The van der Waals surface area contributed by atoms with E-state index >= 15 is 0 Å². The molecule has 7 heteroatoms. The number of pyridine rings is 1. The van der Waals surface area contributed by atoms with Crippen molar-refractivity contribution in [3.63, 3.8) is 0 Å². The van der Waals surface area contributed by atoms with Crippen LogP contribution in [0.15, 0.2) is 30.7 Å². The number of nitrogens with one attached hydrogen (secondary N) is 1. The van der Waals surface area contributed by atoms with E-state index < -0.39 is 6.10 Å². The van der Waals surface area contributed by atoms with Crippen molar-refractivity contribution in [2.45, 2.75) is 25.9 Å². The molecule has 1 saturated heterocycles. The minimum atomic E-state index is -0.586. The highest BCUT2D eigenvalue weighted by Gasteiger charge is 2.29.